The van der Waals surface area contributed by atoms with Crippen LogP contribution in [0.3, 0.4) is 0 Å². The fraction of sp³-hybridized carbons (Fsp3) is 0.250. The van der Waals surface area contributed by atoms with Crippen LogP contribution in [0.25, 0.3) is 20.5 Å². The van der Waals surface area contributed by atoms with E-state index in [-0.39, 0.29) is 5.56 Å². The number of hydrogen-bond acceptors (Lipinski definition) is 6. The molecule has 2 N–H and O–H groups in total. The zero-order valence-corrected chi connectivity index (χ0v) is 18.1. The van der Waals surface area contributed by atoms with Gasteiger partial charge >= 0.3 is 0 Å². The van der Waals surface area contributed by atoms with Crippen molar-refractivity contribution in [3.8, 4) is 21.9 Å². The summed E-state index contributed by atoms with van der Waals surface area (Å²) in [5, 5.41) is 4.44. The van der Waals surface area contributed by atoms with E-state index < -0.39 is 0 Å². The molecule has 0 saturated heterocycles. The van der Waals surface area contributed by atoms with Crippen LogP contribution in [0.5, 0.6) is 11.5 Å². The molecule has 0 radical (unpaired) electrons. The number of hydrogen-bond donors (Lipinski definition) is 2. The quantitative estimate of drug-likeness (QED) is 0.475. The highest BCUT2D eigenvalue weighted by Gasteiger charge is 2.24. The van der Waals surface area contributed by atoms with Crippen LogP contribution in [0.15, 0.2) is 53.6 Å². The van der Waals surface area contributed by atoms with Crippen molar-refractivity contribution in [3.05, 3.63) is 76.0 Å². The summed E-state index contributed by atoms with van der Waals surface area (Å²) in [4.78, 5) is 21.2. The summed E-state index contributed by atoms with van der Waals surface area (Å²) >= 11 is 1.50. The van der Waals surface area contributed by atoms with Crippen molar-refractivity contribution in [2.24, 2.45) is 0 Å². The highest BCUT2D eigenvalue weighted by atomic mass is 32.1. The Morgan fingerprint density at radius 1 is 1.16 bits per heavy atom. The Morgan fingerprint density at radius 3 is 2.74 bits per heavy atom. The van der Waals surface area contributed by atoms with E-state index in [4.69, 9.17) is 9.47 Å². The molecule has 1 aliphatic rings. The van der Waals surface area contributed by atoms with Crippen molar-refractivity contribution in [1.29, 1.82) is 0 Å². The molecule has 4 heterocycles. The molecule has 3 aromatic heterocycles. The van der Waals surface area contributed by atoms with Gasteiger partial charge in [-0.2, -0.15) is 0 Å². The molecule has 0 fully saturated rings. The maximum atomic E-state index is 12.9. The molecule has 0 spiro atoms. The molecule has 0 saturated carbocycles. The summed E-state index contributed by atoms with van der Waals surface area (Å²) in [6.45, 7) is 1.94. The van der Waals surface area contributed by atoms with Crippen molar-refractivity contribution in [2.75, 3.05) is 13.7 Å². The van der Waals surface area contributed by atoms with Gasteiger partial charge < -0.3 is 19.8 Å². The van der Waals surface area contributed by atoms with Gasteiger partial charge in [0.05, 0.1) is 18.6 Å². The minimum Gasteiger partial charge on any atom is -0.497 e. The largest absolute Gasteiger partial charge is 0.497 e. The van der Waals surface area contributed by atoms with E-state index in [1.807, 2.05) is 36.4 Å². The lowest BCUT2D eigenvalue weighted by Crippen LogP contribution is -2.19. The Kier molecular flexibility index (Phi) is 5.44. The predicted molar refractivity (Wildman–Crippen MR) is 123 cm³/mol. The molecule has 0 aliphatic carbocycles. The van der Waals surface area contributed by atoms with Crippen LogP contribution in [-0.2, 0) is 19.5 Å². The summed E-state index contributed by atoms with van der Waals surface area (Å²) in [5.41, 5.74) is 4.25. The molecular formula is C24H23N3O3S. The summed E-state index contributed by atoms with van der Waals surface area (Å²) < 4.78 is 12.1. The van der Waals surface area contributed by atoms with Crippen molar-refractivity contribution in [1.82, 2.24) is 15.3 Å². The van der Waals surface area contributed by atoms with Gasteiger partial charge in [0.25, 0.3) is 5.56 Å². The van der Waals surface area contributed by atoms with E-state index >= 15 is 0 Å². The molecule has 1 aliphatic heterocycles. The van der Waals surface area contributed by atoms with E-state index in [2.05, 4.69) is 15.3 Å². The Labute approximate surface area is 183 Å². The molecule has 5 rings (SSSR count). The number of rotatable bonds is 6. The fourth-order valence-corrected chi connectivity index (χ4v) is 5.20. The molecule has 6 nitrogen and oxygen atoms in total. The number of ether oxygens (including phenoxy) is 2. The van der Waals surface area contributed by atoms with Gasteiger partial charge in [-0.25, -0.2) is 0 Å². The second-order valence-corrected chi connectivity index (χ2v) is 8.54. The van der Waals surface area contributed by atoms with Gasteiger partial charge in [-0.3, -0.25) is 9.78 Å². The molecule has 0 bridgehead atoms. The standard InChI is InChI=1S/C24H23N3O3S/c1-29-17-6-4-15(5-7-17)13-26-14-19-18-3-2-12-30-21-20(18)23(24(28)27-19)31-22(21)16-8-10-25-11-9-16/h4-11,26H,2-3,12-14H2,1H3,(H,27,28). The number of aryl methyl sites for hydroxylation is 1. The molecule has 31 heavy (non-hydrogen) atoms. The van der Waals surface area contributed by atoms with Crippen LogP contribution < -0.4 is 20.3 Å². The van der Waals surface area contributed by atoms with Gasteiger partial charge in [0.15, 0.2) is 0 Å². The highest BCUT2D eigenvalue weighted by Crippen LogP contribution is 2.46. The highest BCUT2D eigenvalue weighted by molar-refractivity contribution is 7.22. The number of H-pyrrole nitrogens is 1. The SMILES string of the molecule is COc1ccc(CNCc2[nH]c(=O)c3sc(-c4ccncc4)c4c3c2CCCO4)cc1. The summed E-state index contributed by atoms with van der Waals surface area (Å²) in [6, 6.07) is 11.9. The number of thiophene rings is 1. The number of aromatic nitrogens is 2. The molecule has 1 aromatic carbocycles. The lowest BCUT2D eigenvalue weighted by molar-refractivity contribution is 0.321. The Balaban J connectivity index is 1.49. The number of benzene rings is 1. The van der Waals surface area contributed by atoms with Crippen molar-refractivity contribution >= 4 is 21.4 Å². The van der Waals surface area contributed by atoms with Crippen molar-refractivity contribution in [3.63, 3.8) is 0 Å². The Morgan fingerprint density at radius 2 is 1.97 bits per heavy atom. The number of pyridine rings is 2. The average molecular weight is 434 g/mol. The first-order valence-electron chi connectivity index (χ1n) is 10.3. The zero-order chi connectivity index (χ0) is 21.2. The Bertz CT molecular complexity index is 1260. The summed E-state index contributed by atoms with van der Waals surface area (Å²) in [6.07, 6.45) is 5.33. The number of nitrogens with zero attached hydrogens (tertiary/aromatic N) is 1. The first-order valence-corrected chi connectivity index (χ1v) is 11.1. The molecule has 0 atom stereocenters. The van der Waals surface area contributed by atoms with Gasteiger partial charge in [0.2, 0.25) is 0 Å². The molecule has 7 heteroatoms. The summed E-state index contributed by atoms with van der Waals surface area (Å²) in [5.74, 6) is 1.68. The third-order valence-electron chi connectivity index (χ3n) is 5.55. The third kappa shape index (κ3) is 3.82. The van der Waals surface area contributed by atoms with Gasteiger partial charge in [-0.05, 0) is 53.8 Å². The predicted octanol–water partition coefficient (Wildman–Crippen LogP) is 4.28. The first-order chi connectivity index (χ1) is 15.2. The maximum Gasteiger partial charge on any atom is 0.266 e. The molecule has 0 amide bonds. The first kappa shape index (κ1) is 19.8. The number of methoxy groups -OCH3 is 1. The van der Waals surface area contributed by atoms with Crippen LogP contribution in [-0.4, -0.2) is 23.7 Å². The number of nitrogens with one attached hydrogen (secondary N) is 2. The van der Waals surface area contributed by atoms with Crippen LogP contribution in [0.1, 0.15) is 23.2 Å². The van der Waals surface area contributed by atoms with Gasteiger partial charge in [-0.1, -0.05) is 12.1 Å². The zero-order valence-electron chi connectivity index (χ0n) is 17.2. The van der Waals surface area contributed by atoms with Gasteiger partial charge in [0, 0.05) is 36.6 Å². The second-order valence-electron chi connectivity index (χ2n) is 7.52. The number of aromatic amines is 1. The van der Waals surface area contributed by atoms with Gasteiger partial charge in [-0.15, -0.1) is 11.3 Å². The molecule has 4 aromatic rings. The van der Waals surface area contributed by atoms with E-state index in [1.54, 1.807) is 19.5 Å². The van der Waals surface area contributed by atoms with Gasteiger partial charge in [0.1, 0.15) is 16.2 Å². The van der Waals surface area contributed by atoms with E-state index in [0.29, 0.717) is 19.7 Å². The van der Waals surface area contributed by atoms with E-state index in [0.717, 1.165) is 56.1 Å². The van der Waals surface area contributed by atoms with Crippen LogP contribution >= 0.6 is 11.3 Å². The lowest BCUT2D eigenvalue weighted by Gasteiger charge is -2.11. The van der Waals surface area contributed by atoms with Crippen LogP contribution in [0, 0.1) is 0 Å². The molecule has 0 unspecified atom stereocenters. The van der Waals surface area contributed by atoms with E-state index in [1.165, 1.54) is 16.9 Å². The topological polar surface area (TPSA) is 76.2 Å². The monoisotopic (exact) mass is 433 g/mol. The average Bonchev–Trinajstić information content (AvgIpc) is 3.05. The van der Waals surface area contributed by atoms with E-state index in [9.17, 15) is 4.79 Å². The Hall–Kier alpha value is -3.16. The fourth-order valence-electron chi connectivity index (χ4n) is 4.03. The smallest absolute Gasteiger partial charge is 0.266 e. The third-order valence-corrected chi connectivity index (χ3v) is 6.77. The van der Waals surface area contributed by atoms with Crippen LogP contribution in [0.2, 0.25) is 0 Å². The lowest BCUT2D eigenvalue weighted by atomic mass is 10.0. The molecular weight excluding hydrogens is 410 g/mol. The maximum absolute atomic E-state index is 12.9. The van der Waals surface area contributed by atoms with Crippen molar-refractivity contribution < 1.29 is 9.47 Å². The minimum absolute atomic E-state index is 0.0583. The second kappa shape index (κ2) is 8.53. The van der Waals surface area contributed by atoms with Crippen LogP contribution in [0.4, 0.5) is 0 Å². The molecule has 158 valence electrons. The summed E-state index contributed by atoms with van der Waals surface area (Å²) in [7, 11) is 1.66. The minimum atomic E-state index is -0.0583. The van der Waals surface area contributed by atoms with Crippen molar-refractivity contribution in [2.45, 2.75) is 25.9 Å². The normalized spacial score (nSPS) is 13.1.